The molecule has 1 aromatic carbocycles. The number of halogens is 1. The van der Waals surface area contributed by atoms with Crippen LogP contribution in [0.3, 0.4) is 0 Å². The molecule has 0 radical (unpaired) electrons. The molecule has 0 aliphatic carbocycles. The summed E-state index contributed by atoms with van der Waals surface area (Å²) in [7, 11) is 3.23. The van der Waals surface area contributed by atoms with Gasteiger partial charge in [0.05, 0.1) is 17.7 Å². The zero-order valence-corrected chi connectivity index (χ0v) is 13.5. The molecule has 114 valence electrons. The van der Waals surface area contributed by atoms with Crippen LogP contribution in [0.4, 0.5) is 0 Å². The summed E-state index contributed by atoms with van der Waals surface area (Å²) in [5.74, 6) is 0.709. The Bertz CT molecular complexity index is 389. The first-order valence-electron chi connectivity index (χ1n) is 6.45. The highest BCUT2D eigenvalue weighted by Crippen LogP contribution is 2.26. The van der Waals surface area contributed by atoms with Crippen molar-refractivity contribution in [2.75, 3.05) is 40.6 Å². The topological polar surface area (TPSA) is 60.0 Å². The Kier molecular flexibility index (Phi) is 8.80. The van der Waals surface area contributed by atoms with E-state index in [-0.39, 0.29) is 13.2 Å². The standard InChI is InChI=1S/C14H22BrNO4/c1-18-6-5-16-8-11-3-4-14(13(15)7-11)20-10-12(17)9-19-2/h3-4,7,12,16-17H,5-6,8-10H2,1-2H3. The molecule has 6 heteroatoms. The Morgan fingerprint density at radius 3 is 2.70 bits per heavy atom. The lowest BCUT2D eigenvalue weighted by Crippen LogP contribution is -2.22. The van der Waals surface area contributed by atoms with Gasteiger partial charge in [-0.1, -0.05) is 6.07 Å². The Balaban J connectivity index is 2.42. The van der Waals surface area contributed by atoms with E-state index in [0.29, 0.717) is 12.4 Å². The maximum absolute atomic E-state index is 9.54. The number of methoxy groups -OCH3 is 2. The van der Waals surface area contributed by atoms with Crippen LogP contribution in [0.15, 0.2) is 22.7 Å². The first kappa shape index (κ1) is 17.4. The fraction of sp³-hybridized carbons (Fsp3) is 0.571. The van der Waals surface area contributed by atoms with Gasteiger partial charge in [-0.25, -0.2) is 0 Å². The van der Waals surface area contributed by atoms with Crippen molar-refractivity contribution in [2.45, 2.75) is 12.6 Å². The molecule has 1 atom stereocenters. The monoisotopic (exact) mass is 347 g/mol. The summed E-state index contributed by atoms with van der Waals surface area (Å²) in [6.07, 6.45) is -0.623. The Morgan fingerprint density at radius 1 is 1.25 bits per heavy atom. The van der Waals surface area contributed by atoms with Crippen LogP contribution in [-0.2, 0) is 16.0 Å². The van der Waals surface area contributed by atoms with E-state index in [0.717, 1.165) is 23.1 Å². The fourth-order valence-corrected chi connectivity index (χ4v) is 2.15. The van der Waals surface area contributed by atoms with Gasteiger partial charge >= 0.3 is 0 Å². The molecule has 0 saturated heterocycles. The van der Waals surface area contributed by atoms with Crippen LogP contribution in [0, 0.1) is 0 Å². The number of benzene rings is 1. The van der Waals surface area contributed by atoms with Gasteiger partial charge in [0.1, 0.15) is 18.5 Å². The molecule has 2 N–H and O–H groups in total. The highest BCUT2D eigenvalue weighted by molar-refractivity contribution is 9.10. The minimum atomic E-state index is -0.623. The molecule has 20 heavy (non-hydrogen) atoms. The summed E-state index contributed by atoms with van der Waals surface area (Å²) in [5.41, 5.74) is 1.15. The molecule has 0 spiro atoms. The molecule has 0 fully saturated rings. The van der Waals surface area contributed by atoms with Gasteiger partial charge in [0.15, 0.2) is 0 Å². The van der Waals surface area contributed by atoms with E-state index < -0.39 is 6.10 Å². The van der Waals surface area contributed by atoms with Gasteiger partial charge in [0.25, 0.3) is 0 Å². The number of ether oxygens (including phenoxy) is 3. The molecule has 1 aromatic rings. The first-order valence-corrected chi connectivity index (χ1v) is 7.24. The average Bonchev–Trinajstić information content (AvgIpc) is 2.43. The lowest BCUT2D eigenvalue weighted by atomic mass is 10.2. The molecule has 1 unspecified atom stereocenters. The van der Waals surface area contributed by atoms with Crippen LogP contribution in [0.25, 0.3) is 0 Å². The minimum Gasteiger partial charge on any atom is -0.490 e. The highest BCUT2D eigenvalue weighted by atomic mass is 79.9. The Labute approximate surface area is 128 Å². The van der Waals surface area contributed by atoms with Gasteiger partial charge in [-0.2, -0.15) is 0 Å². The molecule has 1 rings (SSSR count). The molecular weight excluding hydrogens is 326 g/mol. The molecule has 5 nitrogen and oxygen atoms in total. The van der Waals surface area contributed by atoms with Crippen molar-refractivity contribution < 1.29 is 19.3 Å². The quantitative estimate of drug-likeness (QED) is 0.629. The van der Waals surface area contributed by atoms with Crippen LogP contribution in [-0.4, -0.2) is 51.8 Å². The first-order chi connectivity index (χ1) is 9.67. The van der Waals surface area contributed by atoms with E-state index >= 15 is 0 Å². The van der Waals surface area contributed by atoms with Crippen LogP contribution in [0.5, 0.6) is 5.75 Å². The summed E-state index contributed by atoms with van der Waals surface area (Å²) >= 11 is 3.47. The maximum atomic E-state index is 9.54. The van der Waals surface area contributed by atoms with Gasteiger partial charge < -0.3 is 24.6 Å². The van der Waals surface area contributed by atoms with Gasteiger partial charge in [-0.3, -0.25) is 0 Å². The molecule has 0 aliphatic heterocycles. The van der Waals surface area contributed by atoms with Crippen LogP contribution in [0.1, 0.15) is 5.56 Å². The smallest absolute Gasteiger partial charge is 0.133 e. The van der Waals surface area contributed by atoms with E-state index in [1.54, 1.807) is 14.2 Å². The third-order valence-corrected chi connectivity index (χ3v) is 3.22. The predicted molar refractivity (Wildman–Crippen MR) is 81.1 cm³/mol. The van der Waals surface area contributed by atoms with Crippen molar-refractivity contribution in [1.29, 1.82) is 0 Å². The van der Waals surface area contributed by atoms with Gasteiger partial charge in [-0.15, -0.1) is 0 Å². The van der Waals surface area contributed by atoms with Gasteiger partial charge in [0, 0.05) is 27.3 Å². The van der Waals surface area contributed by atoms with E-state index in [1.807, 2.05) is 18.2 Å². The average molecular weight is 348 g/mol. The number of nitrogens with one attached hydrogen (secondary N) is 1. The lowest BCUT2D eigenvalue weighted by Gasteiger charge is -2.13. The van der Waals surface area contributed by atoms with Crippen molar-refractivity contribution in [3.05, 3.63) is 28.2 Å². The second kappa shape index (κ2) is 10.1. The molecule has 0 aromatic heterocycles. The summed E-state index contributed by atoms with van der Waals surface area (Å²) in [6.45, 7) is 2.75. The Hall–Kier alpha value is -0.660. The summed E-state index contributed by atoms with van der Waals surface area (Å²) in [6, 6.07) is 5.87. The van der Waals surface area contributed by atoms with E-state index in [1.165, 1.54) is 0 Å². The number of aliphatic hydroxyl groups excluding tert-OH is 1. The van der Waals surface area contributed by atoms with Crippen molar-refractivity contribution in [3.63, 3.8) is 0 Å². The number of aliphatic hydroxyl groups is 1. The van der Waals surface area contributed by atoms with Crippen LogP contribution in [0.2, 0.25) is 0 Å². The number of hydrogen-bond donors (Lipinski definition) is 2. The second-order valence-corrected chi connectivity index (χ2v) is 5.21. The summed E-state index contributed by atoms with van der Waals surface area (Å²) in [4.78, 5) is 0. The predicted octanol–water partition coefficient (Wildman–Crippen LogP) is 1.57. The van der Waals surface area contributed by atoms with Crippen molar-refractivity contribution in [3.8, 4) is 5.75 Å². The highest BCUT2D eigenvalue weighted by Gasteiger charge is 2.07. The van der Waals surface area contributed by atoms with E-state index in [4.69, 9.17) is 14.2 Å². The van der Waals surface area contributed by atoms with Gasteiger partial charge in [0.2, 0.25) is 0 Å². The SMILES string of the molecule is COCCNCc1ccc(OCC(O)COC)c(Br)c1. The zero-order chi connectivity index (χ0) is 14.8. The van der Waals surface area contributed by atoms with Crippen molar-refractivity contribution in [2.24, 2.45) is 0 Å². The molecule has 0 aliphatic rings. The molecule has 0 bridgehead atoms. The van der Waals surface area contributed by atoms with E-state index in [2.05, 4.69) is 21.2 Å². The Morgan fingerprint density at radius 2 is 2.05 bits per heavy atom. The third-order valence-electron chi connectivity index (χ3n) is 2.60. The van der Waals surface area contributed by atoms with Crippen molar-refractivity contribution >= 4 is 15.9 Å². The van der Waals surface area contributed by atoms with Gasteiger partial charge in [-0.05, 0) is 33.6 Å². The maximum Gasteiger partial charge on any atom is 0.133 e. The molecule has 0 heterocycles. The number of rotatable bonds is 10. The zero-order valence-electron chi connectivity index (χ0n) is 11.9. The fourth-order valence-electron chi connectivity index (χ4n) is 1.60. The molecule has 0 amide bonds. The largest absolute Gasteiger partial charge is 0.490 e. The summed E-state index contributed by atoms with van der Waals surface area (Å²) in [5, 5.41) is 12.8. The number of hydrogen-bond acceptors (Lipinski definition) is 5. The second-order valence-electron chi connectivity index (χ2n) is 4.35. The minimum absolute atomic E-state index is 0.206. The lowest BCUT2D eigenvalue weighted by molar-refractivity contribution is 0.0323. The molecular formula is C14H22BrNO4. The molecule has 0 saturated carbocycles. The normalized spacial score (nSPS) is 12.4. The third kappa shape index (κ3) is 6.67. The van der Waals surface area contributed by atoms with Crippen molar-refractivity contribution in [1.82, 2.24) is 5.32 Å². The van der Waals surface area contributed by atoms with Crippen LogP contribution < -0.4 is 10.1 Å². The van der Waals surface area contributed by atoms with E-state index in [9.17, 15) is 5.11 Å². The summed E-state index contributed by atoms with van der Waals surface area (Å²) < 4.78 is 16.2. The van der Waals surface area contributed by atoms with Crippen LogP contribution >= 0.6 is 15.9 Å².